The summed E-state index contributed by atoms with van der Waals surface area (Å²) in [7, 11) is 0. The van der Waals surface area contributed by atoms with Crippen molar-refractivity contribution in [3.63, 3.8) is 0 Å². The second-order valence-electron chi connectivity index (χ2n) is 3.35. The van der Waals surface area contributed by atoms with Crippen LogP contribution in [0, 0.1) is 13.8 Å². The van der Waals surface area contributed by atoms with E-state index in [-0.39, 0.29) is 0 Å². The molecule has 0 amide bonds. The summed E-state index contributed by atoms with van der Waals surface area (Å²) in [5.74, 6) is 1.08. The molecule has 0 atom stereocenters. The molecule has 0 saturated heterocycles. The van der Waals surface area contributed by atoms with Gasteiger partial charge in [0.2, 0.25) is 0 Å². The minimum Gasteiger partial charge on any atom is -0.247 e. The highest BCUT2D eigenvalue weighted by molar-refractivity contribution is 8.13. The Morgan fingerprint density at radius 3 is 2.38 bits per heavy atom. The van der Waals surface area contributed by atoms with Gasteiger partial charge in [-0.05, 0) is 38.2 Å². The fourth-order valence-electron chi connectivity index (χ4n) is 1.34. The Balaban J connectivity index is 0.00000106. The van der Waals surface area contributed by atoms with E-state index in [4.69, 9.17) is 0 Å². The molecule has 90 valence electrons. The molecule has 0 aromatic heterocycles. The summed E-state index contributed by atoms with van der Waals surface area (Å²) in [6, 6.07) is 6.36. The molecule has 0 saturated carbocycles. The van der Waals surface area contributed by atoms with Crippen LogP contribution in [-0.4, -0.2) is 10.8 Å². The van der Waals surface area contributed by atoms with Crippen LogP contribution < -0.4 is 0 Å². The van der Waals surface area contributed by atoms with Gasteiger partial charge in [0, 0.05) is 0 Å². The van der Waals surface area contributed by atoms with Gasteiger partial charge in [-0.2, -0.15) is 0 Å². The van der Waals surface area contributed by atoms with E-state index >= 15 is 0 Å². The number of hydrogen-bond acceptors (Lipinski definition) is 2. The van der Waals surface area contributed by atoms with Gasteiger partial charge in [0.05, 0.1) is 10.7 Å². The van der Waals surface area contributed by atoms with Crippen LogP contribution in [0.1, 0.15) is 38.8 Å². The van der Waals surface area contributed by atoms with E-state index in [0.717, 1.165) is 16.5 Å². The summed E-state index contributed by atoms with van der Waals surface area (Å²) in [6.45, 7) is 12.4. The maximum absolute atomic E-state index is 4.57. The smallest absolute Gasteiger partial charge is 0.0707 e. The molecule has 0 aliphatic heterocycles. The van der Waals surface area contributed by atoms with Crippen molar-refractivity contribution in [3.8, 4) is 0 Å². The second kappa shape index (κ2) is 8.40. The quantitative estimate of drug-likeness (QED) is 0.513. The van der Waals surface area contributed by atoms with Crippen molar-refractivity contribution in [2.75, 3.05) is 5.75 Å². The van der Waals surface area contributed by atoms with Crippen LogP contribution in [-0.2, 0) is 0 Å². The first kappa shape index (κ1) is 15.2. The molecule has 0 aliphatic carbocycles. The number of benzene rings is 1. The Morgan fingerprint density at radius 1 is 1.25 bits per heavy atom. The van der Waals surface area contributed by atoms with Crippen molar-refractivity contribution in [2.45, 2.75) is 41.5 Å². The van der Waals surface area contributed by atoms with Gasteiger partial charge in [-0.1, -0.05) is 38.5 Å². The third kappa shape index (κ3) is 5.36. The number of hydrogen-bond donors (Lipinski definition) is 0. The van der Waals surface area contributed by atoms with Crippen molar-refractivity contribution in [3.05, 3.63) is 29.3 Å². The highest BCUT2D eigenvalue weighted by atomic mass is 32.2. The van der Waals surface area contributed by atoms with Crippen molar-refractivity contribution >= 4 is 22.5 Å². The van der Waals surface area contributed by atoms with Crippen LogP contribution in [0.15, 0.2) is 23.2 Å². The lowest BCUT2D eigenvalue weighted by molar-refractivity contribution is 1.35. The number of aliphatic imine (C=N–C) groups is 1. The summed E-state index contributed by atoms with van der Waals surface area (Å²) in [6.07, 6.45) is 0. The highest BCUT2D eigenvalue weighted by Crippen LogP contribution is 2.21. The largest absolute Gasteiger partial charge is 0.247 e. The normalized spacial score (nSPS) is 10.8. The minimum absolute atomic E-state index is 1.08. The predicted octanol–water partition coefficient (Wildman–Crippen LogP) is 5.13. The van der Waals surface area contributed by atoms with E-state index in [0.29, 0.717) is 0 Å². The molecule has 16 heavy (non-hydrogen) atoms. The molecule has 0 bridgehead atoms. The Morgan fingerprint density at radius 2 is 1.88 bits per heavy atom. The molecular formula is C14H23NS. The average Bonchev–Trinajstić information content (AvgIpc) is 2.26. The van der Waals surface area contributed by atoms with E-state index in [9.17, 15) is 0 Å². The Kier molecular flexibility index (Phi) is 8.00. The van der Waals surface area contributed by atoms with Crippen LogP contribution in [0.3, 0.4) is 0 Å². The molecule has 0 aliphatic rings. The number of rotatable bonds is 2. The number of thioether (sulfide) groups is 1. The van der Waals surface area contributed by atoms with Crippen LogP contribution in [0.2, 0.25) is 0 Å². The van der Waals surface area contributed by atoms with Gasteiger partial charge in [0.1, 0.15) is 0 Å². The van der Waals surface area contributed by atoms with E-state index in [1.165, 1.54) is 11.1 Å². The molecule has 1 aromatic carbocycles. The zero-order chi connectivity index (χ0) is 12.6. The summed E-state index contributed by atoms with van der Waals surface area (Å²) in [5.41, 5.74) is 3.64. The minimum atomic E-state index is 1.08. The number of nitrogens with zero attached hydrogens (tertiary/aromatic N) is 1. The molecule has 1 nitrogen and oxygen atoms in total. The fourth-order valence-corrected chi connectivity index (χ4v) is 1.92. The van der Waals surface area contributed by atoms with Crippen LogP contribution in [0.5, 0.6) is 0 Å². The molecule has 1 rings (SSSR count). The molecule has 0 heterocycles. The topological polar surface area (TPSA) is 12.4 Å². The van der Waals surface area contributed by atoms with Crippen molar-refractivity contribution in [1.29, 1.82) is 0 Å². The highest BCUT2D eigenvalue weighted by Gasteiger charge is 1.97. The van der Waals surface area contributed by atoms with Gasteiger partial charge < -0.3 is 0 Å². The lowest BCUT2D eigenvalue weighted by Crippen LogP contribution is -1.85. The lowest BCUT2D eigenvalue weighted by Gasteiger charge is -2.03. The van der Waals surface area contributed by atoms with Crippen LogP contribution in [0.25, 0.3) is 0 Å². The fraction of sp³-hybridized carbons (Fsp3) is 0.500. The Labute approximate surface area is 104 Å². The van der Waals surface area contributed by atoms with Gasteiger partial charge in [-0.3, -0.25) is 0 Å². The third-order valence-electron chi connectivity index (χ3n) is 1.98. The SMILES string of the molecule is CC.CCSC(C)=Nc1ccc(C)cc1C. The van der Waals surface area contributed by atoms with Gasteiger partial charge in [-0.15, -0.1) is 11.8 Å². The Hall–Kier alpha value is -0.760. The zero-order valence-corrected chi connectivity index (χ0v) is 12.1. The number of aryl methyl sites for hydroxylation is 2. The molecular weight excluding hydrogens is 214 g/mol. The molecule has 2 heteroatoms. The van der Waals surface area contributed by atoms with Crippen LogP contribution >= 0.6 is 11.8 Å². The van der Waals surface area contributed by atoms with E-state index in [2.05, 4.69) is 50.9 Å². The lowest BCUT2D eigenvalue weighted by atomic mass is 10.1. The van der Waals surface area contributed by atoms with Crippen molar-refractivity contribution in [2.24, 2.45) is 4.99 Å². The molecule has 0 N–H and O–H groups in total. The van der Waals surface area contributed by atoms with Crippen LogP contribution in [0.4, 0.5) is 5.69 Å². The predicted molar refractivity (Wildman–Crippen MR) is 78.2 cm³/mol. The summed E-state index contributed by atoms with van der Waals surface area (Å²) < 4.78 is 0. The first-order chi connectivity index (χ1) is 7.63. The first-order valence-corrected chi connectivity index (χ1v) is 6.87. The summed E-state index contributed by atoms with van der Waals surface area (Å²) >= 11 is 1.79. The van der Waals surface area contributed by atoms with E-state index in [1.807, 2.05) is 13.8 Å². The molecule has 0 fully saturated rings. The monoisotopic (exact) mass is 237 g/mol. The maximum Gasteiger partial charge on any atom is 0.0707 e. The Bertz CT molecular complexity index is 343. The zero-order valence-electron chi connectivity index (χ0n) is 11.3. The summed E-state index contributed by atoms with van der Waals surface area (Å²) in [4.78, 5) is 4.57. The van der Waals surface area contributed by atoms with Gasteiger partial charge >= 0.3 is 0 Å². The van der Waals surface area contributed by atoms with Crippen molar-refractivity contribution < 1.29 is 0 Å². The molecule has 0 spiro atoms. The van der Waals surface area contributed by atoms with E-state index < -0.39 is 0 Å². The standard InChI is InChI=1S/C12H17NS.C2H6/c1-5-14-11(4)13-12-7-6-9(2)8-10(12)3;1-2/h6-8H,5H2,1-4H3;1-2H3. The van der Waals surface area contributed by atoms with Gasteiger partial charge in [0.25, 0.3) is 0 Å². The molecule has 1 aromatic rings. The van der Waals surface area contributed by atoms with E-state index in [1.54, 1.807) is 11.8 Å². The van der Waals surface area contributed by atoms with Gasteiger partial charge in [-0.25, -0.2) is 4.99 Å². The van der Waals surface area contributed by atoms with Gasteiger partial charge in [0.15, 0.2) is 0 Å². The summed E-state index contributed by atoms with van der Waals surface area (Å²) in [5, 5.41) is 1.14. The first-order valence-electron chi connectivity index (χ1n) is 5.89. The second-order valence-corrected chi connectivity index (χ2v) is 4.81. The maximum atomic E-state index is 4.57. The molecule has 0 radical (unpaired) electrons. The van der Waals surface area contributed by atoms with Crippen molar-refractivity contribution in [1.82, 2.24) is 0 Å². The molecule has 0 unspecified atom stereocenters. The third-order valence-corrected chi connectivity index (χ3v) is 2.78. The average molecular weight is 237 g/mol.